The first kappa shape index (κ1) is 21.6. The molecule has 3 fully saturated rings. The highest BCUT2D eigenvalue weighted by molar-refractivity contribution is 6.09. The quantitative estimate of drug-likeness (QED) is 0.691. The number of hydrogen-bond acceptors (Lipinski definition) is 6. The predicted octanol–water partition coefficient (Wildman–Crippen LogP) is 2.43. The van der Waals surface area contributed by atoms with Gasteiger partial charge in [0.1, 0.15) is 17.0 Å². The zero-order valence-electron chi connectivity index (χ0n) is 18.4. The molecule has 2 amide bonds. The van der Waals surface area contributed by atoms with Crippen LogP contribution in [0.3, 0.4) is 0 Å². The number of carboxylic acids is 1. The summed E-state index contributed by atoms with van der Waals surface area (Å²) in [5.74, 6) is -2.38. The summed E-state index contributed by atoms with van der Waals surface area (Å²) in [6.45, 7) is 3.35. The minimum Gasteiger partial charge on any atom is -0.496 e. The van der Waals surface area contributed by atoms with Crippen molar-refractivity contribution in [3.8, 4) is 11.5 Å². The smallest absolute Gasteiger partial charge is 0.324 e. The summed E-state index contributed by atoms with van der Waals surface area (Å²) in [4.78, 5) is 40.8. The SMILES string of the molecule is COc1ccc(C2NC(C)(C(=O)O)C3C(=O)N(C4CCCCC4)C(=O)C23)c(OC)c1C. The lowest BCUT2D eigenvalue weighted by molar-refractivity contribution is -0.151. The Labute approximate surface area is 181 Å². The fourth-order valence-electron chi connectivity index (χ4n) is 5.76. The van der Waals surface area contributed by atoms with E-state index in [2.05, 4.69) is 5.32 Å². The zero-order valence-corrected chi connectivity index (χ0v) is 18.4. The van der Waals surface area contributed by atoms with Crippen LogP contribution in [0.15, 0.2) is 12.1 Å². The molecule has 2 aliphatic heterocycles. The monoisotopic (exact) mass is 430 g/mol. The summed E-state index contributed by atoms with van der Waals surface area (Å²) in [5.41, 5.74) is -0.136. The molecule has 8 heteroatoms. The number of carbonyl (C=O) groups excluding carboxylic acids is 2. The third-order valence-corrected chi connectivity index (χ3v) is 7.35. The molecule has 1 aromatic carbocycles. The van der Waals surface area contributed by atoms with E-state index in [4.69, 9.17) is 9.47 Å². The minimum atomic E-state index is -1.55. The van der Waals surface area contributed by atoms with Crippen molar-refractivity contribution in [1.29, 1.82) is 0 Å². The summed E-state index contributed by atoms with van der Waals surface area (Å²) in [5, 5.41) is 13.2. The second kappa shape index (κ2) is 7.82. The number of aliphatic carboxylic acids is 1. The van der Waals surface area contributed by atoms with E-state index in [0.717, 1.165) is 37.7 Å². The van der Waals surface area contributed by atoms with E-state index in [-0.39, 0.29) is 17.9 Å². The predicted molar refractivity (Wildman–Crippen MR) is 112 cm³/mol. The summed E-state index contributed by atoms with van der Waals surface area (Å²) in [7, 11) is 3.10. The Bertz CT molecular complexity index is 925. The molecule has 4 rings (SSSR count). The number of ether oxygens (including phenoxy) is 2. The minimum absolute atomic E-state index is 0.141. The van der Waals surface area contributed by atoms with Gasteiger partial charge in [-0.15, -0.1) is 0 Å². The van der Waals surface area contributed by atoms with Crippen LogP contribution in [-0.2, 0) is 14.4 Å². The van der Waals surface area contributed by atoms with Crippen molar-refractivity contribution in [3.05, 3.63) is 23.3 Å². The van der Waals surface area contributed by atoms with E-state index < -0.39 is 29.4 Å². The van der Waals surface area contributed by atoms with Gasteiger partial charge in [-0.1, -0.05) is 25.3 Å². The van der Waals surface area contributed by atoms with Crippen LogP contribution < -0.4 is 14.8 Å². The molecule has 1 aliphatic carbocycles. The number of carbonyl (C=O) groups is 3. The first-order valence-corrected chi connectivity index (χ1v) is 10.9. The van der Waals surface area contributed by atoms with E-state index in [0.29, 0.717) is 17.1 Å². The van der Waals surface area contributed by atoms with Crippen LogP contribution in [-0.4, -0.2) is 53.6 Å². The molecule has 2 heterocycles. The van der Waals surface area contributed by atoms with Gasteiger partial charge in [-0.2, -0.15) is 0 Å². The van der Waals surface area contributed by atoms with E-state index in [1.54, 1.807) is 19.2 Å². The first-order valence-electron chi connectivity index (χ1n) is 10.9. The molecule has 2 saturated heterocycles. The van der Waals surface area contributed by atoms with Crippen molar-refractivity contribution in [2.75, 3.05) is 14.2 Å². The molecule has 168 valence electrons. The maximum absolute atomic E-state index is 13.6. The van der Waals surface area contributed by atoms with Gasteiger partial charge >= 0.3 is 5.97 Å². The van der Waals surface area contributed by atoms with Gasteiger partial charge in [0.05, 0.1) is 26.1 Å². The summed E-state index contributed by atoms with van der Waals surface area (Å²) in [6.07, 6.45) is 4.60. The van der Waals surface area contributed by atoms with Crippen LogP contribution in [0.2, 0.25) is 0 Å². The molecule has 8 nitrogen and oxygen atoms in total. The Balaban J connectivity index is 1.81. The van der Waals surface area contributed by atoms with Crippen molar-refractivity contribution in [2.24, 2.45) is 11.8 Å². The molecule has 31 heavy (non-hydrogen) atoms. The third kappa shape index (κ3) is 3.11. The number of benzene rings is 1. The van der Waals surface area contributed by atoms with Crippen molar-refractivity contribution >= 4 is 17.8 Å². The number of hydrogen-bond donors (Lipinski definition) is 2. The summed E-state index contributed by atoms with van der Waals surface area (Å²) in [6, 6.07) is 2.77. The Morgan fingerprint density at radius 2 is 1.81 bits per heavy atom. The molecular formula is C23H30N2O6. The van der Waals surface area contributed by atoms with Crippen LogP contribution in [0.25, 0.3) is 0 Å². The van der Waals surface area contributed by atoms with Gasteiger partial charge in [0, 0.05) is 23.2 Å². The van der Waals surface area contributed by atoms with Gasteiger partial charge in [-0.25, -0.2) is 0 Å². The summed E-state index contributed by atoms with van der Waals surface area (Å²) < 4.78 is 11.0. The van der Waals surface area contributed by atoms with E-state index in [1.165, 1.54) is 18.9 Å². The van der Waals surface area contributed by atoms with Crippen molar-refractivity contribution < 1.29 is 29.0 Å². The van der Waals surface area contributed by atoms with Crippen LogP contribution in [0.5, 0.6) is 11.5 Å². The molecule has 0 radical (unpaired) electrons. The second-order valence-corrected chi connectivity index (χ2v) is 8.99. The number of amides is 2. The lowest BCUT2D eigenvalue weighted by Crippen LogP contribution is -2.54. The molecule has 2 N–H and O–H groups in total. The fraction of sp³-hybridized carbons (Fsp3) is 0.609. The van der Waals surface area contributed by atoms with Gasteiger partial charge < -0.3 is 14.6 Å². The van der Waals surface area contributed by atoms with Gasteiger partial charge in [-0.3, -0.25) is 24.6 Å². The molecule has 4 atom stereocenters. The van der Waals surface area contributed by atoms with E-state index in [9.17, 15) is 19.5 Å². The molecule has 0 spiro atoms. The number of nitrogens with one attached hydrogen (secondary N) is 1. The fourth-order valence-corrected chi connectivity index (χ4v) is 5.76. The Hall–Kier alpha value is -2.61. The average Bonchev–Trinajstić information content (AvgIpc) is 3.22. The molecule has 3 aliphatic rings. The van der Waals surface area contributed by atoms with Crippen molar-refractivity contribution in [1.82, 2.24) is 10.2 Å². The largest absolute Gasteiger partial charge is 0.496 e. The second-order valence-electron chi connectivity index (χ2n) is 8.99. The number of rotatable bonds is 5. The number of methoxy groups -OCH3 is 2. The Kier molecular flexibility index (Phi) is 5.45. The van der Waals surface area contributed by atoms with Crippen LogP contribution in [0.4, 0.5) is 0 Å². The molecule has 4 unspecified atom stereocenters. The van der Waals surface area contributed by atoms with E-state index >= 15 is 0 Å². The zero-order chi connectivity index (χ0) is 22.5. The Morgan fingerprint density at radius 3 is 2.39 bits per heavy atom. The van der Waals surface area contributed by atoms with Gasteiger partial charge in [0.15, 0.2) is 0 Å². The van der Waals surface area contributed by atoms with Gasteiger partial charge in [0.2, 0.25) is 11.8 Å². The highest BCUT2D eigenvalue weighted by atomic mass is 16.5. The molecule has 1 aromatic rings. The number of imide groups is 1. The standard InChI is InChI=1S/C23H30N2O6/c1-12-15(30-3)11-10-14(19(12)31-4)18-16-17(23(2,24-18)22(28)29)21(27)25(20(16)26)13-8-6-5-7-9-13/h10-11,13,16-18,24H,5-9H2,1-4H3,(H,28,29). The normalized spacial score (nSPS) is 31.1. The lowest BCUT2D eigenvalue weighted by Gasteiger charge is -2.33. The van der Waals surface area contributed by atoms with Crippen molar-refractivity contribution in [3.63, 3.8) is 0 Å². The number of fused-ring (bicyclic) bond motifs is 1. The average molecular weight is 431 g/mol. The molecule has 0 aromatic heterocycles. The maximum atomic E-state index is 13.6. The molecular weight excluding hydrogens is 400 g/mol. The lowest BCUT2D eigenvalue weighted by atomic mass is 9.80. The molecule has 1 saturated carbocycles. The number of carboxylic acid groups (broad SMARTS) is 1. The van der Waals surface area contributed by atoms with E-state index in [1.807, 2.05) is 6.92 Å². The Morgan fingerprint density at radius 1 is 1.13 bits per heavy atom. The topological polar surface area (TPSA) is 105 Å². The first-order chi connectivity index (χ1) is 14.8. The van der Waals surface area contributed by atoms with Gasteiger partial charge in [-0.05, 0) is 32.8 Å². The number of likely N-dealkylation sites (tertiary alicyclic amines) is 1. The third-order valence-electron chi connectivity index (χ3n) is 7.35. The van der Waals surface area contributed by atoms with Crippen LogP contribution in [0.1, 0.15) is 56.2 Å². The highest BCUT2D eigenvalue weighted by Gasteiger charge is 2.67. The van der Waals surface area contributed by atoms with Crippen LogP contribution >= 0.6 is 0 Å². The van der Waals surface area contributed by atoms with Crippen molar-refractivity contribution in [2.45, 2.75) is 63.6 Å². The molecule has 0 bridgehead atoms. The van der Waals surface area contributed by atoms with Gasteiger partial charge in [0.25, 0.3) is 0 Å². The maximum Gasteiger partial charge on any atom is 0.324 e. The number of nitrogens with zero attached hydrogens (tertiary/aromatic N) is 1. The van der Waals surface area contributed by atoms with Crippen LogP contribution in [0, 0.1) is 18.8 Å². The highest BCUT2D eigenvalue weighted by Crippen LogP contribution is 2.52. The summed E-state index contributed by atoms with van der Waals surface area (Å²) >= 11 is 0.